The van der Waals surface area contributed by atoms with E-state index in [0.29, 0.717) is 0 Å². The Labute approximate surface area is 109 Å². The first-order chi connectivity index (χ1) is 8.77. The molecular formula is C17H21N. The van der Waals surface area contributed by atoms with Crippen molar-refractivity contribution >= 4 is 0 Å². The van der Waals surface area contributed by atoms with Gasteiger partial charge in [-0.25, -0.2) is 0 Å². The quantitative estimate of drug-likeness (QED) is 0.703. The third-order valence-corrected chi connectivity index (χ3v) is 4.23. The maximum atomic E-state index is 2.56. The molecule has 94 valence electrons. The molecule has 1 nitrogen and oxygen atoms in total. The van der Waals surface area contributed by atoms with Gasteiger partial charge in [-0.15, -0.1) is 0 Å². The zero-order valence-corrected chi connectivity index (χ0v) is 11.3. The minimum Gasteiger partial charge on any atom is -0.342 e. The van der Waals surface area contributed by atoms with Crippen LogP contribution in [0.2, 0.25) is 0 Å². The maximum absolute atomic E-state index is 2.56. The van der Waals surface area contributed by atoms with Crippen molar-refractivity contribution in [3.05, 3.63) is 47.7 Å². The van der Waals surface area contributed by atoms with Crippen LogP contribution in [0.5, 0.6) is 0 Å². The lowest BCUT2D eigenvalue weighted by Crippen LogP contribution is -2.08. The van der Waals surface area contributed by atoms with Crippen LogP contribution in [0.25, 0.3) is 11.3 Å². The lowest BCUT2D eigenvalue weighted by Gasteiger charge is -2.19. The van der Waals surface area contributed by atoms with E-state index in [1.807, 2.05) is 0 Å². The molecule has 0 spiro atoms. The molecule has 1 aromatic carbocycles. The van der Waals surface area contributed by atoms with Gasteiger partial charge >= 0.3 is 0 Å². The van der Waals surface area contributed by atoms with E-state index >= 15 is 0 Å². The third-order valence-electron chi connectivity index (χ3n) is 4.23. The second-order valence-electron chi connectivity index (χ2n) is 5.48. The fourth-order valence-corrected chi connectivity index (χ4v) is 3.28. The average molecular weight is 239 g/mol. The minimum atomic E-state index is 0.717. The van der Waals surface area contributed by atoms with E-state index in [4.69, 9.17) is 0 Å². The molecule has 1 aromatic heterocycles. The molecule has 18 heavy (non-hydrogen) atoms. The zero-order valence-electron chi connectivity index (χ0n) is 11.3. The monoisotopic (exact) mass is 239 g/mol. The lowest BCUT2D eigenvalue weighted by atomic mass is 10.1. The van der Waals surface area contributed by atoms with Gasteiger partial charge in [0, 0.05) is 23.0 Å². The Morgan fingerprint density at radius 1 is 0.944 bits per heavy atom. The van der Waals surface area contributed by atoms with Crippen molar-refractivity contribution in [2.24, 2.45) is 0 Å². The molecule has 1 saturated carbocycles. The highest BCUT2D eigenvalue weighted by Gasteiger charge is 2.21. The summed E-state index contributed by atoms with van der Waals surface area (Å²) >= 11 is 0. The van der Waals surface area contributed by atoms with Crippen LogP contribution in [-0.4, -0.2) is 4.57 Å². The normalized spacial score (nSPS) is 16.3. The summed E-state index contributed by atoms with van der Waals surface area (Å²) in [5.41, 5.74) is 5.56. The Balaban J connectivity index is 2.10. The molecule has 0 N–H and O–H groups in total. The van der Waals surface area contributed by atoms with E-state index in [2.05, 4.69) is 54.8 Å². The van der Waals surface area contributed by atoms with Gasteiger partial charge in [0.25, 0.3) is 0 Å². The van der Waals surface area contributed by atoms with Crippen LogP contribution in [-0.2, 0) is 0 Å². The molecule has 1 fully saturated rings. The Morgan fingerprint density at radius 3 is 2.39 bits per heavy atom. The molecule has 1 heterocycles. The molecule has 1 aliphatic rings. The molecular weight excluding hydrogens is 218 g/mol. The Morgan fingerprint density at radius 2 is 1.67 bits per heavy atom. The first-order valence-electron chi connectivity index (χ1n) is 7.01. The van der Waals surface area contributed by atoms with Crippen LogP contribution < -0.4 is 0 Å². The highest BCUT2D eigenvalue weighted by atomic mass is 15.0. The highest BCUT2D eigenvalue weighted by Crippen LogP contribution is 2.36. The van der Waals surface area contributed by atoms with Gasteiger partial charge in [0.2, 0.25) is 0 Å². The molecule has 0 unspecified atom stereocenters. The van der Waals surface area contributed by atoms with Crippen molar-refractivity contribution in [2.75, 3.05) is 0 Å². The molecule has 0 radical (unpaired) electrons. The zero-order chi connectivity index (χ0) is 12.5. The molecule has 0 saturated heterocycles. The molecule has 0 bridgehead atoms. The van der Waals surface area contributed by atoms with Gasteiger partial charge in [-0.05, 0) is 44.4 Å². The maximum Gasteiger partial charge on any atom is 0.0487 e. The van der Waals surface area contributed by atoms with Crippen LogP contribution in [0.1, 0.15) is 43.0 Å². The lowest BCUT2D eigenvalue weighted by molar-refractivity contribution is 0.515. The molecule has 0 atom stereocenters. The molecule has 3 rings (SSSR count). The van der Waals surface area contributed by atoms with Crippen molar-refractivity contribution < 1.29 is 0 Å². The van der Waals surface area contributed by atoms with Crippen molar-refractivity contribution in [2.45, 2.75) is 45.6 Å². The van der Waals surface area contributed by atoms with Crippen molar-refractivity contribution in [3.8, 4) is 11.3 Å². The van der Waals surface area contributed by atoms with Gasteiger partial charge in [-0.3, -0.25) is 0 Å². The number of hydrogen-bond acceptors (Lipinski definition) is 0. The highest BCUT2D eigenvalue weighted by molar-refractivity contribution is 5.65. The second-order valence-corrected chi connectivity index (χ2v) is 5.48. The summed E-state index contributed by atoms with van der Waals surface area (Å²) in [5, 5.41) is 0. The summed E-state index contributed by atoms with van der Waals surface area (Å²) in [6, 6.07) is 14.0. The topological polar surface area (TPSA) is 4.93 Å². The fourth-order valence-electron chi connectivity index (χ4n) is 3.28. The van der Waals surface area contributed by atoms with Gasteiger partial charge in [0.05, 0.1) is 0 Å². The summed E-state index contributed by atoms with van der Waals surface area (Å²) in [6.45, 7) is 4.44. The Hall–Kier alpha value is -1.50. The van der Waals surface area contributed by atoms with Crippen LogP contribution in [0.4, 0.5) is 0 Å². The van der Waals surface area contributed by atoms with Crippen LogP contribution in [0.3, 0.4) is 0 Å². The number of rotatable bonds is 2. The van der Waals surface area contributed by atoms with E-state index in [-0.39, 0.29) is 0 Å². The van der Waals surface area contributed by atoms with Crippen LogP contribution >= 0.6 is 0 Å². The van der Waals surface area contributed by atoms with E-state index in [0.717, 1.165) is 6.04 Å². The summed E-state index contributed by atoms with van der Waals surface area (Å²) < 4.78 is 2.56. The first-order valence-corrected chi connectivity index (χ1v) is 7.01. The summed E-state index contributed by atoms with van der Waals surface area (Å²) in [5.74, 6) is 0. The summed E-state index contributed by atoms with van der Waals surface area (Å²) in [4.78, 5) is 0. The van der Waals surface area contributed by atoms with Crippen molar-refractivity contribution in [3.63, 3.8) is 0 Å². The third kappa shape index (κ3) is 1.88. The van der Waals surface area contributed by atoms with E-state index in [1.54, 1.807) is 0 Å². The Bertz CT molecular complexity index is 544. The number of aryl methyl sites for hydroxylation is 2. The number of aromatic nitrogens is 1. The van der Waals surface area contributed by atoms with Gasteiger partial charge in [0.1, 0.15) is 0 Å². The number of benzene rings is 1. The summed E-state index contributed by atoms with van der Waals surface area (Å²) in [7, 11) is 0. The van der Waals surface area contributed by atoms with Crippen molar-refractivity contribution in [1.82, 2.24) is 4.57 Å². The van der Waals surface area contributed by atoms with Crippen LogP contribution in [0, 0.1) is 13.8 Å². The van der Waals surface area contributed by atoms with E-state index in [9.17, 15) is 0 Å². The SMILES string of the molecule is Cc1ccccc1-c1ccc(C)n1C1CCCC1. The van der Waals surface area contributed by atoms with E-state index in [1.165, 1.54) is 48.2 Å². The van der Waals surface area contributed by atoms with Crippen LogP contribution in [0.15, 0.2) is 36.4 Å². The van der Waals surface area contributed by atoms with Gasteiger partial charge in [-0.2, -0.15) is 0 Å². The molecule has 1 aliphatic carbocycles. The standard InChI is InChI=1S/C17H21N/c1-13-7-3-6-10-16(13)17-12-11-14(2)18(17)15-8-4-5-9-15/h3,6-7,10-12,15H,4-5,8-9H2,1-2H3. The predicted octanol–water partition coefficient (Wildman–Crippen LogP) is 4.89. The fraction of sp³-hybridized carbons (Fsp3) is 0.412. The molecule has 0 aliphatic heterocycles. The van der Waals surface area contributed by atoms with E-state index < -0.39 is 0 Å². The molecule has 1 heteroatoms. The molecule has 0 amide bonds. The Kier molecular flexibility index (Phi) is 2.99. The molecule has 2 aromatic rings. The van der Waals surface area contributed by atoms with Crippen molar-refractivity contribution in [1.29, 1.82) is 0 Å². The van der Waals surface area contributed by atoms with Gasteiger partial charge < -0.3 is 4.57 Å². The minimum absolute atomic E-state index is 0.717. The smallest absolute Gasteiger partial charge is 0.0487 e. The predicted molar refractivity (Wildman–Crippen MR) is 76.8 cm³/mol. The van der Waals surface area contributed by atoms with Gasteiger partial charge in [0.15, 0.2) is 0 Å². The average Bonchev–Trinajstić information content (AvgIpc) is 2.98. The largest absolute Gasteiger partial charge is 0.342 e. The van der Waals surface area contributed by atoms with Gasteiger partial charge in [-0.1, -0.05) is 37.1 Å². The number of nitrogens with zero attached hydrogens (tertiary/aromatic N) is 1. The summed E-state index contributed by atoms with van der Waals surface area (Å²) in [6.07, 6.45) is 5.45. The first kappa shape index (κ1) is 11.6. The second kappa shape index (κ2) is 4.64. The number of hydrogen-bond donors (Lipinski definition) is 0.